The summed E-state index contributed by atoms with van der Waals surface area (Å²) in [6, 6.07) is -1.50. The second kappa shape index (κ2) is 8.74. The van der Waals surface area contributed by atoms with Gasteiger partial charge < -0.3 is 20.0 Å². The van der Waals surface area contributed by atoms with Gasteiger partial charge in [0.2, 0.25) is 4.91 Å². The molecule has 0 saturated carbocycles. The third-order valence-electron chi connectivity index (χ3n) is 4.31. The zero-order valence-electron chi connectivity index (χ0n) is 14.9. The molecule has 0 spiro atoms. The lowest BCUT2D eigenvalue weighted by Crippen LogP contribution is -2.58. The number of hydrogen-bond donors (Lipinski definition) is 4. The van der Waals surface area contributed by atoms with Gasteiger partial charge in [-0.2, -0.15) is 13.2 Å². The second-order valence-electron chi connectivity index (χ2n) is 7.15. The third kappa shape index (κ3) is 7.10. The monoisotopic (exact) mass is 387 g/mol. The van der Waals surface area contributed by atoms with E-state index in [2.05, 4.69) is 10.0 Å². The average molecular weight is 387 g/mol. The highest BCUT2D eigenvalue weighted by Crippen LogP contribution is 2.41. The summed E-state index contributed by atoms with van der Waals surface area (Å²) < 4.78 is 46.4. The molecule has 25 heavy (non-hydrogen) atoms. The van der Waals surface area contributed by atoms with Crippen LogP contribution in [-0.4, -0.2) is 56.1 Å². The number of nitrogens with zero attached hydrogens (tertiary/aromatic N) is 2. The predicted molar refractivity (Wildman–Crippen MR) is 85.8 cm³/mol. The Bertz CT molecular complexity index is 504. The van der Waals surface area contributed by atoms with Crippen LogP contribution in [0.3, 0.4) is 0 Å². The lowest BCUT2D eigenvalue weighted by Gasteiger charge is -2.43. The molecule has 146 valence electrons. The average Bonchev–Trinajstić information content (AvgIpc) is 2.41. The molecule has 3 atom stereocenters. The number of hydrogen-bond acceptors (Lipinski definition) is 5. The largest absolute Gasteiger partial charge is 0.465 e. The van der Waals surface area contributed by atoms with Crippen LogP contribution >= 0.6 is 0 Å². The summed E-state index contributed by atoms with van der Waals surface area (Å²) in [5.41, 5.74) is 6.59. The molecule has 4 N–H and O–H groups in total. The predicted octanol–water partition coefficient (Wildman–Crippen LogP) is 2.73. The highest BCUT2D eigenvalue weighted by atomic mass is 28.4. The molecule has 1 amide bonds. The topological polar surface area (TPSA) is 129 Å². The minimum absolute atomic E-state index is 0.443. The molecule has 0 heterocycles. The van der Waals surface area contributed by atoms with Gasteiger partial charge in [-0.3, -0.25) is 0 Å². The molecule has 0 fully saturated rings. The fourth-order valence-corrected chi connectivity index (χ4v) is 3.24. The van der Waals surface area contributed by atoms with Crippen LogP contribution in [0.4, 0.5) is 18.0 Å². The summed E-state index contributed by atoms with van der Waals surface area (Å²) in [5.74, 6) is -2.22. The molecule has 0 aromatic carbocycles. The fraction of sp³-hybridized carbons (Fsp3) is 0.923. The molecule has 12 heteroatoms. The number of amides is 1. The molecular weight excluding hydrogens is 361 g/mol. The summed E-state index contributed by atoms with van der Waals surface area (Å²) in [7, 11) is -2.74. The van der Waals surface area contributed by atoms with Crippen LogP contribution in [-0.2, 0) is 4.43 Å². The van der Waals surface area contributed by atoms with Crippen molar-refractivity contribution >= 4 is 14.4 Å². The Morgan fingerprint density at radius 3 is 2.20 bits per heavy atom. The van der Waals surface area contributed by atoms with E-state index in [0.717, 1.165) is 0 Å². The maximum atomic E-state index is 13.5. The van der Waals surface area contributed by atoms with Crippen molar-refractivity contribution in [3.63, 3.8) is 0 Å². The van der Waals surface area contributed by atoms with E-state index in [1.807, 2.05) is 26.1 Å². The van der Waals surface area contributed by atoms with Gasteiger partial charge in [0.25, 0.3) is 0 Å². The highest BCUT2D eigenvalue weighted by Gasteiger charge is 2.52. The first-order chi connectivity index (χ1) is 11.2. The van der Waals surface area contributed by atoms with Crippen molar-refractivity contribution in [3.05, 3.63) is 0 Å². The SMILES string of the molecule is CC(C)(C)[Si](C)(C)O[C@@H]([C@@H](CO)NC(=O)O)[C@H](CN=[N+]=N)C(F)(F)F. The van der Waals surface area contributed by atoms with Gasteiger partial charge in [-0.25, -0.2) is 4.79 Å². The van der Waals surface area contributed by atoms with Gasteiger partial charge >= 0.3 is 12.3 Å². The van der Waals surface area contributed by atoms with E-state index in [1.165, 1.54) is 0 Å². The van der Waals surface area contributed by atoms with Crippen LogP contribution < -0.4 is 10.2 Å². The van der Waals surface area contributed by atoms with Crippen LogP contribution in [0.1, 0.15) is 20.8 Å². The van der Waals surface area contributed by atoms with E-state index >= 15 is 0 Å². The van der Waals surface area contributed by atoms with Crippen molar-refractivity contribution in [2.45, 2.75) is 57.2 Å². The first-order valence-corrected chi connectivity index (χ1v) is 10.5. The molecule has 0 aliphatic rings. The van der Waals surface area contributed by atoms with Gasteiger partial charge in [-0.1, -0.05) is 20.8 Å². The van der Waals surface area contributed by atoms with Crippen molar-refractivity contribution in [2.75, 3.05) is 13.2 Å². The van der Waals surface area contributed by atoms with Crippen molar-refractivity contribution in [1.29, 1.82) is 5.53 Å². The molecule has 0 rings (SSSR count). The number of nitrogens with one attached hydrogen (secondary N) is 2. The molecule has 0 aromatic heterocycles. The zero-order valence-corrected chi connectivity index (χ0v) is 15.9. The first-order valence-electron chi connectivity index (χ1n) is 7.55. The minimum Gasteiger partial charge on any atom is -0.465 e. The van der Waals surface area contributed by atoms with Gasteiger partial charge in [0, 0.05) is 0 Å². The molecular formula is C13H26F3N4O4Si+. The Balaban J connectivity index is 6.00. The molecule has 0 aromatic rings. The minimum atomic E-state index is -4.78. The standard InChI is InChI=1S/C13H25F3N4O4Si/c1-12(2,3)25(4,5)24-10(9(7-21)19-11(22)23)8(6-18-20-17)13(14,15)16/h8-10,17,19,21H,6-7H2,1-5H3/p+1/t8-,9+,10+/m0/s1. The van der Waals surface area contributed by atoms with Crippen molar-refractivity contribution in [3.8, 4) is 0 Å². The van der Waals surface area contributed by atoms with Gasteiger partial charge in [-0.05, 0) is 18.1 Å². The number of aliphatic hydroxyl groups is 1. The quantitative estimate of drug-likeness (QED) is 0.290. The molecule has 0 saturated heterocycles. The Kier molecular flexibility index (Phi) is 8.22. The fourth-order valence-electron chi connectivity index (χ4n) is 1.87. The van der Waals surface area contributed by atoms with Gasteiger partial charge in [0.1, 0.15) is 23.1 Å². The van der Waals surface area contributed by atoms with E-state index < -0.39 is 56.8 Å². The smallest absolute Gasteiger partial charge is 0.405 e. The zero-order chi connectivity index (χ0) is 20.1. The van der Waals surface area contributed by atoms with Gasteiger partial charge in [0.15, 0.2) is 8.32 Å². The summed E-state index contributed by atoms with van der Waals surface area (Å²) in [5, 5.41) is 22.8. The van der Waals surface area contributed by atoms with E-state index in [0.29, 0.717) is 0 Å². The van der Waals surface area contributed by atoms with E-state index in [4.69, 9.17) is 15.1 Å². The lowest BCUT2D eigenvalue weighted by molar-refractivity contribution is -0.199. The molecule has 8 nitrogen and oxygen atoms in total. The molecule has 0 aliphatic heterocycles. The summed E-state index contributed by atoms with van der Waals surface area (Å²) in [6.07, 6.45) is -8.06. The van der Waals surface area contributed by atoms with Crippen LogP contribution in [0.2, 0.25) is 18.1 Å². The van der Waals surface area contributed by atoms with Gasteiger partial charge in [0.05, 0.1) is 18.8 Å². The Morgan fingerprint density at radius 1 is 1.36 bits per heavy atom. The number of halogens is 3. The van der Waals surface area contributed by atoms with Crippen molar-refractivity contribution in [2.24, 2.45) is 11.0 Å². The summed E-state index contributed by atoms with van der Waals surface area (Å²) in [4.78, 5) is 13.5. The Morgan fingerprint density at radius 2 is 1.88 bits per heavy atom. The second-order valence-corrected chi connectivity index (χ2v) is 11.9. The molecule has 0 bridgehead atoms. The van der Waals surface area contributed by atoms with Crippen LogP contribution in [0.5, 0.6) is 0 Å². The Hall–Kier alpha value is -1.49. The number of rotatable bonds is 8. The van der Waals surface area contributed by atoms with E-state index in [-0.39, 0.29) is 0 Å². The van der Waals surface area contributed by atoms with Crippen molar-refractivity contribution in [1.82, 2.24) is 10.2 Å². The number of alkyl halides is 3. The third-order valence-corrected chi connectivity index (χ3v) is 8.78. The van der Waals surface area contributed by atoms with Crippen LogP contribution in [0, 0.1) is 11.4 Å². The van der Waals surface area contributed by atoms with Crippen LogP contribution in [0.25, 0.3) is 0 Å². The number of aliphatic hydroxyl groups excluding tert-OH is 1. The van der Waals surface area contributed by atoms with Crippen molar-refractivity contribution < 1.29 is 32.6 Å². The highest BCUT2D eigenvalue weighted by molar-refractivity contribution is 6.74. The first kappa shape index (κ1) is 23.5. The maximum absolute atomic E-state index is 13.5. The summed E-state index contributed by atoms with van der Waals surface area (Å²) >= 11 is 0. The Labute approximate surface area is 145 Å². The maximum Gasteiger partial charge on any atom is 0.405 e. The lowest BCUT2D eigenvalue weighted by atomic mass is 9.96. The van der Waals surface area contributed by atoms with E-state index in [9.17, 15) is 23.1 Å². The van der Waals surface area contributed by atoms with Gasteiger partial charge in [-0.15, -0.1) is 0 Å². The number of carboxylic acid groups (broad SMARTS) is 1. The van der Waals surface area contributed by atoms with E-state index in [1.54, 1.807) is 13.1 Å². The summed E-state index contributed by atoms with van der Waals surface area (Å²) in [6.45, 7) is 7.12. The molecule has 0 aliphatic carbocycles. The molecule has 0 unspecified atom stereocenters. The number of carbonyl (C=O) groups is 1. The normalized spacial score (nSPS) is 16.5. The molecule has 0 radical (unpaired) electrons. The van der Waals surface area contributed by atoms with Crippen LogP contribution in [0.15, 0.2) is 5.11 Å².